The lowest BCUT2D eigenvalue weighted by Crippen LogP contribution is -2.17. The number of rotatable bonds is 4. The van der Waals surface area contributed by atoms with Crippen LogP contribution in [0.4, 0.5) is 0 Å². The lowest BCUT2D eigenvalue weighted by Gasteiger charge is -2.14. The van der Waals surface area contributed by atoms with E-state index in [4.69, 9.17) is 11.6 Å². The first-order valence-corrected chi connectivity index (χ1v) is 7.06. The first-order valence-electron chi connectivity index (χ1n) is 5.89. The zero-order chi connectivity index (χ0) is 13.0. The summed E-state index contributed by atoms with van der Waals surface area (Å²) in [5, 5.41) is 4.24. The molecule has 0 aliphatic heterocycles. The van der Waals surface area contributed by atoms with Gasteiger partial charge in [0.2, 0.25) is 0 Å². The Kier molecular flexibility index (Phi) is 4.81. The SMILES string of the molecule is CC(NCc1ccc(Br)c(Cl)c1)c1ccccc1. The van der Waals surface area contributed by atoms with E-state index < -0.39 is 0 Å². The highest BCUT2D eigenvalue weighted by molar-refractivity contribution is 9.10. The zero-order valence-corrected chi connectivity index (χ0v) is 12.5. The number of hydrogen-bond donors (Lipinski definition) is 1. The molecule has 0 spiro atoms. The minimum atomic E-state index is 0.327. The number of halogens is 2. The molecule has 0 aliphatic carbocycles. The van der Waals surface area contributed by atoms with Gasteiger partial charge in [-0.05, 0) is 46.1 Å². The standard InChI is InChI=1S/C15H15BrClN/c1-11(13-5-3-2-4-6-13)18-10-12-7-8-14(16)15(17)9-12/h2-9,11,18H,10H2,1H3. The van der Waals surface area contributed by atoms with Gasteiger partial charge in [0.15, 0.2) is 0 Å². The highest BCUT2D eigenvalue weighted by Crippen LogP contribution is 2.23. The highest BCUT2D eigenvalue weighted by atomic mass is 79.9. The first-order chi connectivity index (χ1) is 8.66. The first kappa shape index (κ1) is 13.6. The Morgan fingerprint density at radius 2 is 1.89 bits per heavy atom. The van der Waals surface area contributed by atoms with Crippen molar-refractivity contribution in [3.05, 3.63) is 69.2 Å². The molecular weight excluding hydrogens is 310 g/mol. The lowest BCUT2D eigenvalue weighted by molar-refractivity contribution is 0.575. The van der Waals surface area contributed by atoms with Crippen molar-refractivity contribution in [2.75, 3.05) is 0 Å². The quantitative estimate of drug-likeness (QED) is 0.838. The van der Waals surface area contributed by atoms with Gasteiger partial charge < -0.3 is 5.32 Å². The third-order valence-corrected chi connectivity index (χ3v) is 4.13. The molecule has 1 nitrogen and oxygen atoms in total. The van der Waals surface area contributed by atoms with Crippen LogP contribution in [0.3, 0.4) is 0 Å². The van der Waals surface area contributed by atoms with E-state index in [2.05, 4.69) is 58.5 Å². The van der Waals surface area contributed by atoms with Crippen molar-refractivity contribution in [3.8, 4) is 0 Å². The van der Waals surface area contributed by atoms with Crippen molar-refractivity contribution in [2.24, 2.45) is 0 Å². The van der Waals surface area contributed by atoms with Gasteiger partial charge in [0.05, 0.1) is 5.02 Å². The number of hydrogen-bond acceptors (Lipinski definition) is 1. The molecule has 0 aliphatic rings. The molecule has 2 aromatic carbocycles. The van der Waals surface area contributed by atoms with Gasteiger partial charge in [-0.25, -0.2) is 0 Å². The summed E-state index contributed by atoms with van der Waals surface area (Å²) in [4.78, 5) is 0. The summed E-state index contributed by atoms with van der Waals surface area (Å²) in [6.07, 6.45) is 0. The molecule has 0 radical (unpaired) electrons. The summed E-state index contributed by atoms with van der Waals surface area (Å²) in [6, 6.07) is 16.8. The van der Waals surface area contributed by atoms with Crippen molar-refractivity contribution >= 4 is 27.5 Å². The van der Waals surface area contributed by atoms with Crippen molar-refractivity contribution in [3.63, 3.8) is 0 Å². The maximum atomic E-state index is 6.07. The van der Waals surface area contributed by atoms with E-state index in [-0.39, 0.29) is 0 Å². The summed E-state index contributed by atoms with van der Waals surface area (Å²) in [6.45, 7) is 2.97. The zero-order valence-electron chi connectivity index (χ0n) is 10.2. The topological polar surface area (TPSA) is 12.0 Å². The molecule has 2 aromatic rings. The highest BCUT2D eigenvalue weighted by Gasteiger charge is 2.04. The van der Waals surface area contributed by atoms with Crippen LogP contribution in [-0.4, -0.2) is 0 Å². The predicted octanol–water partition coefficient (Wildman–Crippen LogP) is 4.95. The molecule has 94 valence electrons. The Balaban J connectivity index is 1.97. The van der Waals surface area contributed by atoms with E-state index in [1.54, 1.807) is 0 Å². The number of nitrogens with one attached hydrogen (secondary N) is 1. The molecule has 0 saturated carbocycles. The van der Waals surface area contributed by atoms with Crippen LogP contribution in [0.25, 0.3) is 0 Å². The monoisotopic (exact) mass is 323 g/mol. The molecule has 2 rings (SSSR count). The third-order valence-electron chi connectivity index (χ3n) is 2.90. The molecule has 3 heteroatoms. The van der Waals surface area contributed by atoms with Crippen LogP contribution in [0.5, 0.6) is 0 Å². The lowest BCUT2D eigenvalue weighted by atomic mass is 10.1. The predicted molar refractivity (Wildman–Crippen MR) is 80.8 cm³/mol. The molecule has 1 N–H and O–H groups in total. The Morgan fingerprint density at radius 1 is 1.17 bits per heavy atom. The van der Waals surface area contributed by atoms with Crippen LogP contribution in [0, 0.1) is 0 Å². The van der Waals surface area contributed by atoms with Crippen LogP contribution >= 0.6 is 27.5 Å². The maximum Gasteiger partial charge on any atom is 0.0551 e. The van der Waals surface area contributed by atoms with Crippen LogP contribution in [0.15, 0.2) is 53.0 Å². The Hall–Kier alpha value is -0.830. The second-order valence-corrected chi connectivity index (χ2v) is 5.52. The molecule has 0 fully saturated rings. The van der Waals surface area contributed by atoms with Crippen LogP contribution in [-0.2, 0) is 6.54 Å². The van der Waals surface area contributed by atoms with Gasteiger partial charge in [-0.2, -0.15) is 0 Å². The fraction of sp³-hybridized carbons (Fsp3) is 0.200. The second kappa shape index (κ2) is 6.37. The van der Waals surface area contributed by atoms with Crippen molar-refractivity contribution < 1.29 is 0 Å². The second-order valence-electron chi connectivity index (χ2n) is 4.26. The molecular formula is C15H15BrClN. The van der Waals surface area contributed by atoms with Gasteiger partial charge in [0.25, 0.3) is 0 Å². The molecule has 18 heavy (non-hydrogen) atoms. The molecule has 0 amide bonds. The van der Waals surface area contributed by atoms with Gasteiger partial charge in [-0.15, -0.1) is 0 Å². The van der Waals surface area contributed by atoms with Gasteiger partial charge in [0.1, 0.15) is 0 Å². The van der Waals surface area contributed by atoms with Crippen LogP contribution in [0.1, 0.15) is 24.1 Å². The van der Waals surface area contributed by atoms with E-state index in [1.165, 1.54) is 11.1 Å². The average Bonchev–Trinajstić information content (AvgIpc) is 2.41. The minimum absolute atomic E-state index is 0.327. The molecule has 0 saturated heterocycles. The smallest absolute Gasteiger partial charge is 0.0551 e. The van der Waals surface area contributed by atoms with E-state index in [0.29, 0.717) is 6.04 Å². The largest absolute Gasteiger partial charge is 0.306 e. The fourth-order valence-corrected chi connectivity index (χ4v) is 2.23. The average molecular weight is 325 g/mol. The third kappa shape index (κ3) is 3.58. The minimum Gasteiger partial charge on any atom is -0.306 e. The van der Waals surface area contributed by atoms with Crippen LogP contribution < -0.4 is 5.32 Å². The Labute approximate surface area is 121 Å². The number of benzene rings is 2. The molecule has 1 unspecified atom stereocenters. The van der Waals surface area contributed by atoms with Gasteiger partial charge >= 0.3 is 0 Å². The molecule has 1 atom stereocenters. The van der Waals surface area contributed by atoms with E-state index >= 15 is 0 Å². The maximum absolute atomic E-state index is 6.07. The normalized spacial score (nSPS) is 12.4. The van der Waals surface area contributed by atoms with Crippen molar-refractivity contribution in [2.45, 2.75) is 19.5 Å². The molecule has 0 bridgehead atoms. The van der Waals surface area contributed by atoms with Crippen LogP contribution in [0.2, 0.25) is 5.02 Å². The van der Waals surface area contributed by atoms with Crippen molar-refractivity contribution in [1.82, 2.24) is 5.32 Å². The summed E-state index contributed by atoms with van der Waals surface area (Å²) in [7, 11) is 0. The molecule has 0 aromatic heterocycles. The van der Waals surface area contributed by atoms with E-state index in [1.807, 2.05) is 18.2 Å². The summed E-state index contributed by atoms with van der Waals surface area (Å²) >= 11 is 9.47. The van der Waals surface area contributed by atoms with E-state index in [0.717, 1.165) is 16.0 Å². The Morgan fingerprint density at radius 3 is 2.56 bits per heavy atom. The summed E-state index contributed by atoms with van der Waals surface area (Å²) < 4.78 is 0.934. The Bertz CT molecular complexity index is 513. The molecule has 0 heterocycles. The van der Waals surface area contributed by atoms with Gasteiger partial charge in [-0.1, -0.05) is 48.0 Å². The summed E-state index contributed by atoms with van der Waals surface area (Å²) in [5.74, 6) is 0. The fourth-order valence-electron chi connectivity index (χ4n) is 1.78. The van der Waals surface area contributed by atoms with E-state index in [9.17, 15) is 0 Å². The summed E-state index contributed by atoms with van der Waals surface area (Å²) in [5.41, 5.74) is 2.48. The van der Waals surface area contributed by atoms with Gasteiger partial charge in [-0.3, -0.25) is 0 Å². The van der Waals surface area contributed by atoms with Gasteiger partial charge in [0, 0.05) is 17.1 Å². The van der Waals surface area contributed by atoms with Crippen molar-refractivity contribution in [1.29, 1.82) is 0 Å².